The second-order valence-electron chi connectivity index (χ2n) is 7.29. The minimum atomic E-state index is -0.0819. The normalized spacial score (nSPS) is 17.4. The number of pyridine rings is 1. The molecule has 0 spiro atoms. The Kier molecular flexibility index (Phi) is 4.90. The van der Waals surface area contributed by atoms with Crippen molar-refractivity contribution in [3.05, 3.63) is 77.5 Å². The van der Waals surface area contributed by atoms with Crippen LogP contribution in [0.1, 0.15) is 47.5 Å². The molecule has 4 nitrogen and oxygen atoms in total. The molecular weight excluding hydrogens is 336 g/mol. The number of nitrogens with zero attached hydrogens (tertiary/aromatic N) is 2. The minimum Gasteiger partial charge on any atom is -0.370 e. The second kappa shape index (κ2) is 7.49. The first kappa shape index (κ1) is 17.7. The maximum atomic E-state index is 13.4. The van der Waals surface area contributed by atoms with Crippen molar-refractivity contribution < 1.29 is 9.53 Å². The SMILES string of the molecule is CC(C)c1cc(C(=O)N2CCOC(c3ccccc3)C2)c2ccccc2n1. The summed E-state index contributed by atoms with van der Waals surface area (Å²) < 4.78 is 5.92. The van der Waals surface area contributed by atoms with Gasteiger partial charge in [-0.1, -0.05) is 62.4 Å². The number of ether oxygens (including phenoxy) is 1. The number of carbonyl (C=O) groups is 1. The Morgan fingerprint density at radius 1 is 1.11 bits per heavy atom. The van der Waals surface area contributed by atoms with Crippen molar-refractivity contribution in [1.29, 1.82) is 0 Å². The molecule has 0 N–H and O–H groups in total. The number of aromatic nitrogens is 1. The van der Waals surface area contributed by atoms with E-state index < -0.39 is 0 Å². The Morgan fingerprint density at radius 3 is 2.63 bits per heavy atom. The molecule has 4 rings (SSSR count). The first-order valence-electron chi connectivity index (χ1n) is 9.49. The molecule has 0 aliphatic carbocycles. The molecule has 1 aromatic heterocycles. The summed E-state index contributed by atoms with van der Waals surface area (Å²) in [6.45, 7) is 5.93. The van der Waals surface area contributed by atoms with Crippen LogP contribution in [0.15, 0.2) is 60.7 Å². The van der Waals surface area contributed by atoms with Gasteiger partial charge in [-0.2, -0.15) is 0 Å². The molecule has 0 radical (unpaired) electrons. The Morgan fingerprint density at radius 2 is 1.85 bits per heavy atom. The van der Waals surface area contributed by atoms with E-state index in [0.29, 0.717) is 19.7 Å². The number of carbonyl (C=O) groups excluding carboxylic acids is 1. The summed E-state index contributed by atoms with van der Waals surface area (Å²) in [5, 5.41) is 0.912. The predicted octanol–water partition coefficient (Wildman–Crippen LogP) is 4.57. The van der Waals surface area contributed by atoms with Gasteiger partial charge in [-0.3, -0.25) is 9.78 Å². The summed E-state index contributed by atoms with van der Waals surface area (Å²) in [7, 11) is 0. The molecule has 1 aliphatic rings. The average Bonchev–Trinajstić information content (AvgIpc) is 2.73. The molecule has 1 aliphatic heterocycles. The number of hydrogen-bond acceptors (Lipinski definition) is 3. The molecule has 1 unspecified atom stereocenters. The molecule has 4 heteroatoms. The number of hydrogen-bond donors (Lipinski definition) is 0. The highest BCUT2D eigenvalue weighted by molar-refractivity contribution is 6.06. The molecule has 1 saturated heterocycles. The zero-order valence-electron chi connectivity index (χ0n) is 15.8. The van der Waals surface area contributed by atoms with Crippen molar-refractivity contribution in [2.45, 2.75) is 25.9 Å². The van der Waals surface area contributed by atoms with Crippen LogP contribution in [0.25, 0.3) is 10.9 Å². The molecule has 0 bridgehead atoms. The molecule has 27 heavy (non-hydrogen) atoms. The standard InChI is InChI=1S/C23H24N2O2/c1-16(2)21-14-19(18-10-6-7-11-20(18)24-21)23(26)25-12-13-27-22(15-25)17-8-4-3-5-9-17/h3-11,14,16,22H,12-13,15H2,1-2H3. The van der Waals surface area contributed by atoms with E-state index in [1.54, 1.807) is 0 Å². The van der Waals surface area contributed by atoms with Crippen LogP contribution in [0.4, 0.5) is 0 Å². The number of amides is 1. The lowest BCUT2D eigenvalue weighted by molar-refractivity contribution is -0.0227. The number of morpholine rings is 1. The lowest BCUT2D eigenvalue weighted by atomic mass is 10.0. The fourth-order valence-electron chi connectivity index (χ4n) is 3.54. The third kappa shape index (κ3) is 3.58. The zero-order chi connectivity index (χ0) is 18.8. The van der Waals surface area contributed by atoms with Gasteiger partial charge < -0.3 is 9.64 Å². The van der Waals surface area contributed by atoms with Crippen molar-refractivity contribution in [2.24, 2.45) is 0 Å². The highest BCUT2D eigenvalue weighted by atomic mass is 16.5. The van der Waals surface area contributed by atoms with E-state index in [9.17, 15) is 4.79 Å². The number of benzene rings is 2. The van der Waals surface area contributed by atoms with E-state index in [0.717, 1.165) is 27.7 Å². The predicted molar refractivity (Wildman–Crippen MR) is 107 cm³/mol. The zero-order valence-corrected chi connectivity index (χ0v) is 15.8. The number of fused-ring (bicyclic) bond motifs is 1. The van der Waals surface area contributed by atoms with Gasteiger partial charge in [0.05, 0.1) is 24.2 Å². The first-order valence-corrected chi connectivity index (χ1v) is 9.49. The summed E-state index contributed by atoms with van der Waals surface area (Å²) in [6, 6.07) is 20.0. The molecule has 1 fully saturated rings. The fourth-order valence-corrected chi connectivity index (χ4v) is 3.54. The van der Waals surface area contributed by atoms with Crippen LogP contribution in [0, 0.1) is 0 Å². The largest absolute Gasteiger partial charge is 0.370 e. The van der Waals surface area contributed by atoms with E-state index in [-0.39, 0.29) is 17.9 Å². The van der Waals surface area contributed by atoms with Gasteiger partial charge in [0.25, 0.3) is 5.91 Å². The van der Waals surface area contributed by atoms with Gasteiger partial charge in [-0.05, 0) is 23.6 Å². The van der Waals surface area contributed by atoms with Crippen LogP contribution in [0.2, 0.25) is 0 Å². The third-order valence-electron chi connectivity index (χ3n) is 5.08. The quantitative estimate of drug-likeness (QED) is 0.687. The third-order valence-corrected chi connectivity index (χ3v) is 5.08. The lowest BCUT2D eigenvalue weighted by Crippen LogP contribution is -2.42. The monoisotopic (exact) mass is 360 g/mol. The van der Waals surface area contributed by atoms with Crippen LogP contribution >= 0.6 is 0 Å². The molecule has 138 valence electrons. The summed E-state index contributed by atoms with van der Waals surface area (Å²) >= 11 is 0. The Bertz CT molecular complexity index is 953. The Labute approximate surface area is 159 Å². The van der Waals surface area contributed by atoms with Crippen molar-refractivity contribution in [3.63, 3.8) is 0 Å². The molecule has 1 amide bonds. The van der Waals surface area contributed by atoms with Gasteiger partial charge in [0.15, 0.2) is 0 Å². The molecule has 3 aromatic rings. The fraction of sp³-hybridized carbons (Fsp3) is 0.304. The maximum absolute atomic E-state index is 13.4. The molecule has 0 saturated carbocycles. The summed E-state index contributed by atoms with van der Waals surface area (Å²) in [5.41, 5.74) is 3.67. The van der Waals surface area contributed by atoms with Crippen molar-refractivity contribution in [1.82, 2.24) is 9.88 Å². The van der Waals surface area contributed by atoms with E-state index in [4.69, 9.17) is 9.72 Å². The molecule has 2 aromatic carbocycles. The van der Waals surface area contributed by atoms with E-state index in [1.165, 1.54) is 0 Å². The lowest BCUT2D eigenvalue weighted by Gasteiger charge is -2.33. The van der Waals surface area contributed by atoms with Gasteiger partial charge >= 0.3 is 0 Å². The van der Waals surface area contributed by atoms with Crippen molar-refractivity contribution in [3.8, 4) is 0 Å². The van der Waals surface area contributed by atoms with Crippen LogP contribution in [-0.4, -0.2) is 35.5 Å². The van der Waals surface area contributed by atoms with Gasteiger partial charge in [-0.15, -0.1) is 0 Å². The number of para-hydroxylation sites is 1. The highest BCUT2D eigenvalue weighted by Crippen LogP contribution is 2.27. The van der Waals surface area contributed by atoms with Crippen LogP contribution < -0.4 is 0 Å². The van der Waals surface area contributed by atoms with Crippen LogP contribution in [-0.2, 0) is 4.74 Å². The highest BCUT2D eigenvalue weighted by Gasteiger charge is 2.27. The first-order chi connectivity index (χ1) is 13.1. The Hall–Kier alpha value is -2.72. The average molecular weight is 360 g/mol. The number of rotatable bonds is 3. The Balaban J connectivity index is 1.68. The second-order valence-corrected chi connectivity index (χ2v) is 7.29. The molecule has 1 atom stereocenters. The van der Waals surface area contributed by atoms with Crippen molar-refractivity contribution >= 4 is 16.8 Å². The van der Waals surface area contributed by atoms with Gasteiger partial charge in [0, 0.05) is 17.6 Å². The van der Waals surface area contributed by atoms with Gasteiger partial charge in [0.1, 0.15) is 6.10 Å². The minimum absolute atomic E-state index is 0.0553. The van der Waals surface area contributed by atoms with E-state index in [1.807, 2.05) is 53.4 Å². The van der Waals surface area contributed by atoms with Gasteiger partial charge in [0.2, 0.25) is 0 Å². The smallest absolute Gasteiger partial charge is 0.254 e. The van der Waals surface area contributed by atoms with Crippen LogP contribution in [0.3, 0.4) is 0 Å². The van der Waals surface area contributed by atoms with Crippen LogP contribution in [0.5, 0.6) is 0 Å². The topological polar surface area (TPSA) is 42.4 Å². The van der Waals surface area contributed by atoms with E-state index >= 15 is 0 Å². The van der Waals surface area contributed by atoms with Gasteiger partial charge in [-0.25, -0.2) is 0 Å². The summed E-state index contributed by atoms with van der Waals surface area (Å²) in [5.74, 6) is 0.322. The summed E-state index contributed by atoms with van der Waals surface area (Å²) in [4.78, 5) is 20.0. The summed E-state index contributed by atoms with van der Waals surface area (Å²) in [6.07, 6.45) is -0.0819. The molecule has 2 heterocycles. The maximum Gasteiger partial charge on any atom is 0.254 e. The molecular formula is C23H24N2O2. The van der Waals surface area contributed by atoms with E-state index in [2.05, 4.69) is 26.0 Å². The van der Waals surface area contributed by atoms with Crippen molar-refractivity contribution in [2.75, 3.05) is 19.7 Å².